The van der Waals surface area contributed by atoms with E-state index >= 15 is 0 Å². The molecule has 0 N–H and O–H groups in total. The van der Waals surface area contributed by atoms with Crippen molar-refractivity contribution in [1.29, 1.82) is 0 Å². The number of rotatable bonds is 1. The van der Waals surface area contributed by atoms with Gasteiger partial charge in [-0.1, -0.05) is 19.9 Å². The first-order valence-electron chi connectivity index (χ1n) is 6.05. The standard InChI is InChI=1S/C14H17FO/c1-9(2)13-11-4-3-10(15)7-12(11)16-8-14(13)5-6-14/h3-4,7,9,13H,5-6,8H2,1-2H3/t13-/m1/s1. The minimum atomic E-state index is -0.201. The van der Waals surface area contributed by atoms with E-state index < -0.39 is 0 Å². The molecule has 0 saturated heterocycles. The summed E-state index contributed by atoms with van der Waals surface area (Å²) in [5, 5.41) is 0. The molecule has 1 atom stereocenters. The van der Waals surface area contributed by atoms with Crippen LogP contribution < -0.4 is 4.74 Å². The van der Waals surface area contributed by atoms with E-state index in [0.717, 1.165) is 12.4 Å². The first-order valence-corrected chi connectivity index (χ1v) is 6.05. The molecule has 1 aromatic rings. The summed E-state index contributed by atoms with van der Waals surface area (Å²) in [5.74, 6) is 1.69. The number of hydrogen-bond acceptors (Lipinski definition) is 1. The van der Waals surface area contributed by atoms with Crippen LogP contribution in [0.5, 0.6) is 5.75 Å². The summed E-state index contributed by atoms with van der Waals surface area (Å²) in [7, 11) is 0. The maximum absolute atomic E-state index is 13.2. The Balaban J connectivity index is 2.08. The molecule has 1 heterocycles. The van der Waals surface area contributed by atoms with Gasteiger partial charge in [0.25, 0.3) is 0 Å². The van der Waals surface area contributed by atoms with Gasteiger partial charge >= 0.3 is 0 Å². The lowest BCUT2D eigenvalue weighted by Crippen LogP contribution is -2.30. The quantitative estimate of drug-likeness (QED) is 0.700. The minimum absolute atomic E-state index is 0.201. The van der Waals surface area contributed by atoms with Crippen LogP contribution in [0, 0.1) is 17.2 Å². The van der Waals surface area contributed by atoms with Crippen LogP contribution in [0.15, 0.2) is 18.2 Å². The van der Waals surface area contributed by atoms with Gasteiger partial charge in [0, 0.05) is 11.5 Å². The Morgan fingerprint density at radius 1 is 1.38 bits per heavy atom. The van der Waals surface area contributed by atoms with Gasteiger partial charge in [0.2, 0.25) is 0 Å². The lowest BCUT2D eigenvalue weighted by Gasteiger charge is -2.36. The second-order valence-electron chi connectivity index (χ2n) is 5.55. The number of halogens is 1. The van der Waals surface area contributed by atoms with Crippen molar-refractivity contribution in [1.82, 2.24) is 0 Å². The highest BCUT2D eigenvalue weighted by atomic mass is 19.1. The molecule has 1 aromatic carbocycles. The van der Waals surface area contributed by atoms with Crippen molar-refractivity contribution in [3.05, 3.63) is 29.6 Å². The van der Waals surface area contributed by atoms with Crippen molar-refractivity contribution in [2.24, 2.45) is 11.3 Å². The van der Waals surface area contributed by atoms with E-state index in [1.54, 1.807) is 6.07 Å². The van der Waals surface area contributed by atoms with Crippen molar-refractivity contribution in [2.45, 2.75) is 32.6 Å². The highest BCUT2D eigenvalue weighted by Crippen LogP contribution is 2.62. The number of benzene rings is 1. The van der Waals surface area contributed by atoms with E-state index in [9.17, 15) is 4.39 Å². The summed E-state index contributed by atoms with van der Waals surface area (Å²) in [4.78, 5) is 0. The zero-order chi connectivity index (χ0) is 11.3. The second kappa shape index (κ2) is 3.22. The topological polar surface area (TPSA) is 9.23 Å². The summed E-state index contributed by atoms with van der Waals surface area (Å²) in [5.41, 5.74) is 1.57. The maximum Gasteiger partial charge on any atom is 0.126 e. The Bertz CT molecular complexity index is 421. The van der Waals surface area contributed by atoms with Crippen molar-refractivity contribution in [2.75, 3.05) is 6.61 Å². The number of ether oxygens (including phenoxy) is 1. The largest absolute Gasteiger partial charge is 0.493 e. The molecule has 0 unspecified atom stereocenters. The van der Waals surface area contributed by atoms with Crippen LogP contribution in [-0.4, -0.2) is 6.61 Å². The van der Waals surface area contributed by atoms with Crippen LogP contribution in [0.3, 0.4) is 0 Å². The van der Waals surface area contributed by atoms with Crippen molar-refractivity contribution < 1.29 is 9.13 Å². The smallest absolute Gasteiger partial charge is 0.126 e. The first-order chi connectivity index (χ1) is 7.62. The van der Waals surface area contributed by atoms with E-state index in [1.807, 2.05) is 6.07 Å². The fourth-order valence-corrected chi connectivity index (χ4v) is 3.21. The van der Waals surface area contributed by atoms with Gasteiger partial charge in [-0.05, 0) is 36.3 Å². The molecule has 1 aliphatic heterocycles. The van der Waals surface area contributed by atoms with Crippen LogP contribution >= 0.6 is 0 Å². The minimum Gasteiger partial charge on any atom is -0.493 e. The van der Waals surface area contributed by atoms with Gasteiger partial charge in [0.05, 0.1) is 6.61 Å². The third-order valence-electron chi connectivity index (χ3n) is 4.04. The van der Waals surface area contributed by atoms with Crippen LogP contribution in [0.25, 0.3) is 0 Å². The van der Waals surface area contributed by atoms with E-state index in [2.05, 4.69) is 13.8 Å². The van der Waals surface area contributed by atoms with Gasteiger partial charge in [-0.25, -0.2) is 4.39 Å². The number of hydrogen-bond donors (Lipinski definition) is 0. The Labute approximate surface area is 95.6 Å². The molecular weight excluding hydrogens is 203 g/mol. The van der Waals surface area contributed by atoms with Gasteiger partial charge in [0.1, 0.15) is 11.6 Å². The zero-order valence-corrected chi connectivity index (χ0v) is 9.79. The predicted octanol–water partition coefficient (Wildman–Crippen LogP) is 3.74. The van der Waals surface area contributed by atoms with Crippen molar-refractivity contribution in [3.63, 3.8) is 0 Å². The maximum atomic E-state index is 13.2. The lowest BCUT2D eigenvalue weighted by atomic mass is 9.74. The molecule has 16 heavy (non-hydrogen) atoms. The molecule has 1 saturated carbocycles. The molecule has 1 fully saturated rings. The second-order valence-corrected chi connectivity index (χ2v) is 5.55. The SMILES string of the molecule is CC(C)[C@@H]1c2ccc(F)cc2OCC12CC2. The van der Waals surface area contributed by atoms with E-state index in [-0.39, 0.29) is 5.82 Å². The highest BCUT2D eigenvalue weighted by molar-refractivity contribution is 5.42. The van der Waals surface area contributed by atoms with Gasteiger partial charge in [-0.15, -0.1) is 0 Å². The van der Waals surface area contributed by atoms with Crippen LogP contribution in [0.1, 0.15) is 38.2 Å². The predicted molar refractivity (Wildman–Crippen MR) is 61.1 cm³/mol. The average molecular weight is 220 g/mol. The molecule has 86 valence electrons. The molecule has 1 aliphatic carbocycles. The normalized spacial score (nSPS) is 25.4. The summed E-state index contributed by atoms with van der Waals surface area (Å²) >= 11 is 0. The Kier molecular flexibility index (Phi) is 2.04. The molecule has 1 nitrogen and oxygen atoms in total. The molecule has 0 aromatic heterocycles. The average Bonchev–Trinajstić information content (AvgIpc) is 2.98. The lowest BCUT2D eigenvalue weighted by molar-refractivity contribution is 0.152. The molecule has 0 bridgehead atoms. The molecule has 2 aliphatic rings. The van der Waals surface area contributed by atoms with E-state index in [4.69, 9.17) is 4.74 Å². The fourth-order valence-electron chi connectivity index (χ4n) is 3.21. The molecule has 0 radical (unpaired) electrons. The summed E-state index contributed by atoms with van der Waals surface area (Å²) in [6.07, 6.45) is 2.51. The monoisotopic (exact) mass is 220 g/mol. The Morgan fingerprint density at radius 3 is 2.75 bits per heavy atom. The summed E-state index contributed by atoms with van der Waals surface area (Å²) in [6.45, 7) is 5.28. The summed E-state index contributed by atoms with van der Waals surface area (Å²) < 4.78 is 18.9. The van der Waals surface area contributed by atoms with Gasteiger partial charge in [-0.3, -0.25) is 0 Å². The zero-order valence-electron chi connectivity index (χ0n) is 9.79. The van der Waals surface area contributed by atoms with Crippen molar-refractivity contribution in [3.8, 4) is 5.75 Å². The summed E-state index contributed by atoms with van der Waals surface area (Å²) in [6, 6.07) is 4.99. The third-order valence-corrected chi connectivity index (χ3v) is 4.04. The fraction of sp³-hybridized carbons (Fsp3) is 0.571. The van der Waals surface area contributed by atoms with E-state index in [0.29, 0.717) is 17.3 Å². The molecule has 2 heteroatoms. The van der Waals surface area contributed by atoms with Gasteiger partial charge < -0.3 is 4.74 Å². The van der Waals surface area contributed by atoms with Gasteiger partial charge in [0.15, 0.2) is 0 Å². The van der Waals surface area contributed by atoms with Crippen LogP contribution in [0.2, 0.25) is 0 Å². The van der Waals surface area contributed by atoms with Crippen LogP contribution in [0.4, 0.5) is 4.39 Å². The molecule has 1 spiro atoms. The Hall–Kier alpha value is -1.05. The molecule has 3 rings (SSSR count). The molecule has 0 amide bonds. The molecular formula is C14H17FO. The Morgan fingerprint density at radius 2 is 2.12 bits per heavy atom. The third kappa shape index (κ3) is 1.35. The number of fused-ring (bicyclic) bond motifs is 1. The highest BCUT2D eigenvalue weighted by Gasteiger charge is 2.54. The first kappa shape index (κ1) is 10.1. The van der Waals surface area contributed by atoms with Gasteiger partial charge in [-0.2, -0.15) is 0 Å². The van der Waals surface area contributed by atoms with E-state index in [1.165, 1.54) is 24.5 Å². The van der Waals surface area contributed by atoms with Crippen molar-refractivity contribution >= 4 is 0 Å². The van der Waals surface area contributed by atoms with Crippen LogP contribution in [-0.2, 0) is 0 Å².